The van der Waals surface area contributed by atoms with Crippen molar-refractivity contribution in [3.8, 4) is 11.8 Å². The van der Waals surface area contributed by atoms with Gasteiger partial charge in [0.2, 0.25) is 10.0 Å². The number of thiophene rings is 1. The second-order valence-corrected chi connectivity index (χ2v) is 6.86. The topological polar surface area (TPSA) is 101 Å². The molecule has 0 amide bonds. The average Bonchev–Trinajstić information content (AvgIpc) is 3.03. The molecule has 2 aromatic heterocycles. The molecule has 0 aliphatic carbocycles. The number of nitrogens with one attached hydrogen (secondary N) is 2. The summed E-state index contributed by atoms with van der Waals surface area (Å²) in [6.45, 7) is 2.19. The van der Waals surface area contributed by atoms with Gasteiger partial charge in [0, 0.05) is 11.4 Å². The lowest BCUT2D eigenvalue weighted by atomic mass is 10.4. The van der Waals surface area contributed by atoms with Gasteiger partial charge >= 0.3 is 0 Å². The van der Waals surface area contributed by atoms with Crippen LogP contribution in [0.5, 0.6) is 0 Å². The van der Waals surface area contributed by atoms with Gasteiger partial charge in [-0.15, -0.1) is 11.3 Å². The third-order valence-electron chi connectivity index (χ3n) is 2.48. The molecule has 4 N–H and O–H groups in total. The molecule has 106 valence electrons. The lowest BCUT2D eigenvalue weighted by Gasteiger charge is -2.03. The van der Waals surface area contributed by atoms with Crippen LogP contribution in [0.25, 0.3) is 0 Å². The van der Waals surface area contributed by atoms with Gasteiger partial charge in [-0.05, 0) is 19.1 Å². The number of nitrogens with two attached hydrogens (primary N) is 1. The first-order valence-electron chi connectivity index (χ1n) is 5.80. The summed E-state index contributed by atoms with van der Waals surface area (Å²) < 4.78 is 26.6. The number of hydrogen-bond acceptors (Lipinski definition) is 5. The highest BCUT2D eigenvalue weighted by atomic mass is 32.2. The summed E-state index contributed by atoms with van der Waals surface area (Å²) in [5.41, 5.74) is 5.81. The molecule has 0 atom stereocenters. The zero-order valence-electron chi connectivity index (χ0n) is 10.8. The number of aromatic nitrogens is 2. The Morgan fingerprint density at radius 1 is 1.50 bits per heavy atom. The molecule has 8 heteroatoms. The molecule has 0 aliphatic rings. The Morgan fingerprint density at radius 2 is 2.30 bits per heavy atom. The van der Waals surface area contributed by atoms with E-state index in [0.717, 1.165) is 9.75 Å². The molecule has 0 radical (unpaired) electrons. The SMILES string of the molecule is Cc1[nH]ncc1S(=O)(=O)NCc1ccc(C#CCN)s1. The number of aryl methyl sites for hydroxylation is 1. The molecule has 0 fully saturated rings. The van der Waals surface area contributed by atoms with Crippen LogP contribution in [0.4, 0.5) is 0 Å². The van der Waals surface area contributed by atoms with E-state index in [2.05, 4.69) is 26.8 Å². The second kappa shape index (κ2) is 6.19. The quantitative estimate of drug-likeness (QED) is 0.719. The molecule has 0 saturated carbocycles. The smallest absolute Gasteiger partial charge is 0.244 e. The fraction of sp³-hybridized carbons (Fsp3) is 0.250. The Balaban J connectivity index is 2.05. The van der Waals surface area contributed by atoms with Crippen LogP contribution in [-0.2, 0) is 16.6 Å². The van der Waals surface area contributed by atoms with Crippen LogP contribution in [-0.4, -0.2) is 25.2 Å². The first-order chi connectivity index (χ1) is 9.53. The monoisotopic (exact) mass is 310 g/mol. The number of rotatable bonds is 4. The minimum atomic E-state index is -3.55. The van der Waals surface area contributed by atoms with Gasteiger partial charge in [0.1, 0.15) is 4.90 Å². The lowest BCUT2D eigenvalue weighted by Crippen LogP contribution is -2.23. The highest BCUT2D eigenvalue weighted by Crippen LogP contribution is 2.17. The van der Waals surface area contributed by atoms with E-state index in [1.807, 2.05) is 12.1 Å². The maximum atomic E-state index is 12.1. The first kappa shape index (κ1) is 14.7. The summed E-state index contributed by atoms with van der Waals surface area (Å²) in [6, 6.07) is 3.69. The summed E-state index contributed by atoms with van der Waals surface area (Å²) in [5.74, 6) is 5.67. The van der Waals surface area contributed by atoms with Crippen molar-refractivity contribution in [1.29, 1.82) is 0 Å². The van der Waals surface area contributed by atoms with E-state index in [1.165, 1.54) is 17.5 Å². The van der Waals surface area contributed by atoms with Crippen LogP contribution in [0.2, 0.25) is 0 Å². The maximum Gasteiger partial charge on any atom is 0.244 e. The van der Waals surface area contributed by atoms with Gasteiger partial charge in [0.05, 0.1) is 23.3 Å². The van der Waals surface area contributed by atoms with Crippen LogP contribution < -0.4 is 10.5 Å². The molecule has 6 nitrogen and oxygen atoms in total. The van der Waals surface area contributed by atoms with E-state index in [4.69, 9.17) is 5.73 Å². The van der Waals surface area contributed by atoms with E-state index in [0.29, 0.717) is 12.2 Å². The molecule has 2 aromatic rings. The summed E-state index contributed by atoms with van der Waals surface area (Å²) >= 11 is 1.44. The number of hydrogen-bond donors (Lipinski definition) is 3. The molecule has 0 bridgehead atoms. The van der Waals surface area contributed by atoms with E-state index >= 15 is 0 Å². The normalized spacial score (nSPS) is 11.1. The summed E-state index contributed by atoms with van der Waals surface area (Å²) in [5, 5.41) is 6.31. The number of aromatic amines is 1. The van der Waals surface area contributed by atoms with Gasteiger partial charge in [-0.3, -0.25) is 5.10 Å². The van der Waals surface area contributed by atoms with Gasteiger partial charge in [-0.1, -0.05) is 11.8 Å². The van der Waals surface area contributed by atoms with Gasteiger partial charge in [0.25, 0.3) is 0 Å². The Kier molecular flexibility index (Phi) is 4.57. The van der Waals surface area contributed by atoms with Crippen molar-refractivity contribution in [3.05, 3.63) is 33.8 Å². The van der Waals surface area contributed by atoms with Crippen LogP contribution in [0.3, 0.4) is 0 Å². The Bertz CT molecular complexity index is 750. The third kappa shape index (κ3) is 3.46. The first-order valence-corrected chi connectivity index (χ1v) is 8.10. The number of nitrogens with zero attached hydrogens (tertiary/aromatic N) is 1. The van der Waals surface area contributed by atoms with Crippen LogP contribution >= 0.6 is 11.3 Å². The Hall–Kier alpha value is -1.66. The molecule has 20 heavy (non-hydrogen) atoms. The molecule has 0 unspecified atom stereocenters. The summed E-state index contributed by atoms with van der Waals surface area (Å²) in [7, 11) is -3.55. The van der Waals surface area contributed by atoms with Crippen molar-refractivity contribution >= 4 is 21.4 Å². The molecule has 0 spiro atoms. The van der Waals surface area contributed by atoms with Crippen LogP contribution in [0.1, 0.15) is 15.4 Å². The highest BCUT2D eigenvalue weighted by Gasteiger charge is 2.18. The largest absolute Gasteiger partial charge is 0.320 e. The maximum absolute atomic E-state index is 12.1. The Labute approximate surface area is 121 Å². The van der Waals surface area contributed by atoms with Crippen LogP contribution in [0, 0.1) is 18.8 Å². The summed E-state index contributed by atoms with van der Waals surface area (Å²) in [6.07, 6.45) is 1.30. The molecular weight excluding hydrogens is 296 g/mol. The molecule has 0 saturated heterocycles. The van der Waals surface area contributed by atoms with Crippen molar-refractivity contribution in [1.82, 2.24) is 14.9 Å². The lowest BCUT2D eigenvalue weighted by molar-refractivity contribution is 0.581. The minimum Gasteiger partial charge on any atom is -0.320 e. The van der Waals surface area contributed by atoms with Crippen molar-refractivity contribution < 1.29 is 8.42 Å². The zero-order chi connectivity index (χ0) is 14.6. The second-order valence-electron chi connectivity index (χ2n) is 3.96. The summed E-state index contributed by atoms with van der Waals surface area (Å²) in [4.78, 5) is 1.91. The minimum absolute atomic E-state index is 0.164. The molecule has 0 aromatic carbocycles. The van der Waals surface area contributed by atoms with Crippen molar-refractivity contribution in [3.63, 3.8) is 0 Å². The Morgan fingerprint density at radius 3 is 2.95 bits per heavy atom. The van der Waals surface area contributed by atoms with Gasteiger partial charge in [-0.2, -0.15) is 5.10 Å². The molecule has 2 rings (SSSR count). The molecular formula is C12H14N4O2S2. The third-order valence-corrected chi connectivity index (χ3v) is 5.00. The fourth-order valence-electron chi connectivity index (χ4n) is 1.53. The van der Waals surface area contributed by atoms with Crippen molar-refractivity contribution in [2.45, 2.75) is 18.4 Å². The standard InChI is InChI=1S/C12H14N4O2S2/c1-9-12(8-14-16-9)20(17,18)15-7-11-5-4-10(19-11)3-2-6-13/h4-5,8,15H,6-7,13H2,1H3,(H,14,16). The van der Waals surface area contributed by atoms with E-state index in [9.17, 15) is 8.42 Å². The average molecular weight is 310 g/mol. The van der Waals surface area contributed by atoms with E-state index in [1.54, 1.807) is 6.92 Å². The number of sulfonamides is 1. The zero-order valence-corrected chi connectivity index (χ0v) is 12.4. The van der Waals surface area contributed by atoms with E-state index in [-0.39, 0.29) is 11.4 Å². The van der Waals surface area contributed by atoms with E-state index < -0.39 is 10.0 Å². The predicted molar refractivity (Wildman–Crippen MR) is 77.6 cm³/mol. The molecule has 0 aliphatic heterocycles. The highest BCUT2D eigenvalue weighted by molar-refractivity contribution is 7.89. The van der Waals surface area contributed by atoms with Gasteiger partial charge in [-0.25, -0.2) is 13.1 Å². The van der Waals surface area contributed by atoms with Crippen LogP contribution in [0.15, 0.2) is 23.2 Å². The van der Waals surface area contributed by atoms with Crippen molar-refractivity contribution in [2.24, 2.45) is 5.73 Å². The van der Waals surface area contributed by atoms with Gasteiger partial charge < -0.3 is 5.73 Å². The van der Waals surface area contributed by atoms with Crippen molar-refractivity contribution in [2.75, 3.05) is 6.54 Å². The molecule has 2 heterocycles. The fourth-order valence-corrected chi connectivity index (χ4v) is 3.59. The number of H-pyrrole nitrogens is 1. The predicted octanol–water partition coefficient (Wildman–Crippen LogP) is 0.568. The van der Waals surface area contributed by atoms with Gasteiger partial charge in [0.15, 0.2) is 0 Å².